The Balaban J connectivity index is 1.71. The number of likely N-dealkylation sites (tertiary alicyclic amines) is 1. The Morgan fingerprint density at radius 3 is 2.44 bits per heavy atom. The topological polar surface area (TPSA) is 127 Å². The highest BCUT2D eigenvalue weighted by molar-refractivity contribution is 6.01. The lowest BCUT2D eigenvalue weighted by Gasteiger charge is -2.48. The van der Waals surface area contributed by atoms with Gasteiger partial charge in [-0.05, 0) is 56.8 Å². The number of likely N-dealkylation sites (N-methyl/N-ethyl adjacent to an activating group) is 1. The molecule has 1 saturated heterocycles. The van der Waals surface area contributed by atoms with Crippen LogP contribution in [0.15, 0.2) is 23.9 Å². The largest absolute Gasteiger partial charge is 0.416 e. The number of imide groups is 1. The minimum absolute atomic E-state index is 0.0351. The number of hydrogen-bond acceptors (Lipinski definition) is 8. The highest BCUT2D eigenvalue weighted by Gasteiger charge is 2.55. The molecule has 0 aromatic rings. The second-order valence-corrected chi connectivity index (χ2v) is 10.9. The van der Waals surface area contributed by atoms with E-state index < -0.39 is 48.4 Å². The number of β-lactam (4-membered cyclic amide) rings is 1. The summed E-state index contributed by atoms with van der Waals surface area (Å²) in [5, 5.41) is 5.70. The minimum Gasteiger partial charge on any atom is -0.376 e. The molecule has 0 aromatic heterocycles. The molecule has 11 heteroatoms. The maximum Gasteiger partial charge on any atom is 0.416 e. The first-order chi connectivity index (χ1) is 18.6. The molecule has 1 saturated carbocycles. The van der Waals surface area contributed by atoms with Gasteiger partial charge in [0.15, 0.2) is 6.29 Å². The Kier molecular flexibility index (Phi) is 10.9. The van der Waals surface area contributed by atoms with Gasteiger partial charge < -0.3 is 24.4 Å². The summed E-state index contributed by atoms with van der Waals surface area (Å²) in [6.07, 6.45) is 9.24. The smallest absolute Gasteiger partial charge is 0.376 e. The summed E-state index contributed by atoms with van der Waals surface area (Å²) in [6.45, 7) is 7.48. The quantitative estimate of drug-likeness (QED) is 0.184. The molecule has 0 aromatic carbocycles. The van der Waals surface area contributed by atoms with Crippen molar-refractivity contribution in [3.63, 3.8) is 0 Å². The minimum atomic E-state index is -0.847. The molecule has 4 amide bonds. The van der Waals surface area contributed by atoms with E-state index in [2.05, 4.69) is 10.6 Å². The van der Waals surface area contributed by atoms with Gasteiger partial charge in [0.05, 0.1) is 11.8 Å². The molecule has 4 unspecified atom stereocenters. The van der Waals surface area contributed by atoms with Crippen molar-refractivity contribution < 1.29 is 33.4 Å². The summed E-state index contributed by atoms with van der Waals surface area (Å²) < 4.78 is 16.2. The van der Waals surface area contributed by atoms with E-state index in [9.17, 15) is 19.2 Å². The highest BCUT2D eigenvalue weighted by Crippen LogP contribution is 2.37. The predicted octanol–water partition coefficient (Wildman–Crippen LogP) is 3.51. The van der Waals surface area contributed by atoms with Crippen molar-refractivity contribution in [2.45, 2.75) is 90.8 Å². The Bertz CT molecular complexity index is 960. The van der Waals surface area contributed by atoms with Crippen molar-refractivity contribution in [3.8, 4) is 0 Å². The lowest BCUT2D eigenvalue weighted by molar-refractivity contribution is -0.200. The fourth-order valence-corrected chi connectivity index (χ4v) is 5.39. The number of amides is 4. The number of nitrogens with zero attached hydrogens (tertiary/aromatic N) is 2. The maximum absolute atomic E-state index is 13.3. The number of nitrogens with one attached hydrogen (secondary N) is 2. The standard InChI is InChI=1S/C28H44N4O7/c1-7-38-26(37-6)23-21(24(33)32(23)27(35)29-18(4)20-11-9-8-10-12-20)15-19-13-14-31(5)22(16-19)30-28(36)39-25(34)17(2)3/h13-14,16-18,20-23,26H,7-12,15H2,1-6H3,(H,29,35)(H,30,36)/t18?,21-,22?,23?,26?/m1/s1. The Labute approximate surface area is 231 Å². The molecule has 2 aliphatic heterocycles. The molecule has 2 fully saturated rings. The number of rotatable bonds is 10. The van der Waals surface area contributed by atoms with Crippen molar-refractivity contribution in [2.75, 3.05) is 20.8 Å². The zero-order valence-corrected chi connectivity index (χ0v) is 24.0. The molecule has 3 aliphatic rings. The first-order valence-corrected chi connectivity index (χ1v) is 14.0. The number of allylic oxidation sites excluding steroid dienone is 2. The molecular weight excluding hydrogens is 504 g/mol. The van der Waals surface area contributed by atoms with Crippen molar-refractivity contribution in [1.29, 1.82) is 0 Å². The molecule has 11 nitrogen and oxygen atoms in total. The van der Waals surface area contributed by atoms with E-state index in [0.717, 1.165) is 31.3 Å². The number of methoxy groups -OCH3 is 1. The van der Waals surface area contributed by atoms with E-state index >= 15 is 0 Å². The lowest BCUT2D eigenvalue weighted by Crippen LogP contribution is -2.70. The summed E-state index contributed by atoms with van der Waals surface area (Å²) >= 11 is 0. The molecule has 0 spiro atoms. The summed E-state index contributed by atoms with van der Waals surface area (Å²) in [5.74, 6) is -1.50. The number of esters is 1. The van der Waals surface area contributed by atoms with Crippen molar-refractivity contribution in [1.82, 2.24) is 20.4 Å². The average Bonchev–Trinajstić information content (AvgIpc) is 2.91. The van der Waals surface area contributed by atoms with Crippen LogP contribution in [0, 0.1) is 17.8 Å². The van der Waals surface area contributed by atoms with Crippen LogP contribution in [0.25, 0.3) is 0 Å². The van der Waals surface area contributed by atoms with Gasteiger partial charge in [0.25, 0.3) is 0 Å². The van der Waals surface area contributed by atoms with Crippen LogP contribution in [0.2, 0.25) is 0 Å². The third kappa shape index (κ3) is 7.60. The molecule has 2 N–H and O–H groups in total. The second kappa shape index (κ2) is 13.9. The van der Waals surface area contributed by atoms with Crippen LogP contribution in [0.3, 0.4) is 0 Å². The van der Waals surface area contributed by atoms with Gasteiger partial charge in [-0.2, -0.15) is 0 Å². The van der Waals surface area contributed by atoms with E-state index in [4.69, 9.17) is 14.2 Å². The van der Waals surface area contributed by atoms with E-state index in [1.54, 1.807) is 38.1 Å². The summed E-state index contributed by atoms with van der Waals surface area (Å²) in [5.41, 5.74) is 0.791. The van der Waals surface area contributed by atoms with E-state index in [-0.39, 0.29) is 11.9 Å². The van der Waals surface area contributed by atoms with Crippen LogP contribution in [0.5, 0.6) is 0 Å². The number of alkyl carbamates (subject to hydrolysis) is 1. The Hall–Kier alpha value is -2.92. The van der Waals surface area contributed by atoms with Crippen LogP contribution >= 0.6 is 0 Å². The van der Waals surface area contributed by atoms with Gasteiger partial charge in [0.2, 0.25) is 5.91 Å². The monoisotopic (exact) mass is 548 g/mol. The number of carbonyl (C=O) groups is 4. The van der Waals surface area contributed by atoms with Crippen LogP contribution in [0.4, 0.5) is 9.59 Å². The molecular formula is C28H44N4O7. The summed E-state index contributed by atoms with van der Waals surface area (Å²) in [6, 6.07) is -1.06. The van der Waals surface area contributed by atoms with Crippen LogP contribution in [-0.4, -0.2) is 79.1 Å². The van der Waals surface area contributed by atoms with Gasteiger partial charge in [0.1, 0.15) is 12.2 Å². The molecule has 5 atom stereocenters. The third-order valence-corrected chi connectivity index (χ3v) is 7.75. The van der Waals surface area contributed by atoms with Crippen LogP contribution in [0.1, 0.15) is 66.2 Å². The maximum atomic E-state index is 13.3. The number of carbonyl (C=O) groups excluding carboxylic acids is 4. The molecule has 218 valence electrons. The first-order valence-electron chi connectivity index (χ1n) is 14.0. The van der Waals surface area contributed by atoms with Crippen molar-refractivity contribution in [2.24, 2.45) is 17.8 Å². The zero-order chi connectivity index (χ0) is 28.7. The van der Waals surface area contributed by atoms with Crippen molar-refractivity contribution in [3.05, 3.63) is 23.9 Å². The van der Waals surface area contributed by atoms with E-state index in [1.165, 1.54) is 18.4 Å². The summed E-state index contributed by atoms with van der Waals surface area (Å²) in [4.78, 5) is 53.6. The molecule has 2 heterocycles. The van der Waals surface area contributed by atoms with E-state index in [1.807, 2.05) is 19.9 Å². The van der Waals surface area contributed by atoms with Crippen LogP contribution in [-0.2, 0) is 23.8 Å². The predicted molar refractivity (Wildman–Crippen MR) is 144 cm³/mol. The van der Waals surface area contributed by atoms with Crippen LogP contribution < -0.4 is 10.6 Å². The highest BCUT2D eigenvalue weighted by atomic mass is 16.7. The molecule has 0 radical (unpaired) electrons. The van der Waals surface area contributed by atoms with Gasteiger partial charge in [-0.15, -0.1) is 0 Å². The number of urea groups is 1. The van der Waals surface area contributed by atoms with E-state index in [0.29, 0.717) is 18.9 Å². The van der Waals surface area contributed by atoms with Crippen molar-refractivity contribution >= 4 is 24.0 Å². The first kappa shape index (κ1) is 30.6. The number of ether oxygens (including phenoxy) is 3. The third-order valence-electron chi connectivity index (χ3n) is 7.75. The zero-order valence-electron chi connectivity index (χ0n) is 24.0. The van der Waals surface area contributed by atoms with Gasteiger partial charge in [-0.3, -0.25) is 19.8 Å². The molecule has 39 heavy (non-hydrogen) atoms. The Morgan fingerprint density at radius 1 is 1.13 bits per heavy atom. The number of hydrogen-bond donors (Lipinski definition) is 2. The van der Waals surface area contributed by atoms with Gasteiger partial charge >= 0.3 is 18.1 Å². The van der Waals surface area contributed by atoms with Gasteiger partial charge in [-0.1, -0.05) is 33.1 Å². The second-order valence-electron chi connectivity index (χ2n) is 10.9. The Morgan fingerprint density at radius 2 is 1.82 bits per heavy atom. The molecule has 3 rings (SSSR count). The molecule has 0 bridgehead atoms. The fraction of sp³-hybridized carbons (Fsp3) is 0.714. The SMILES string of the molecule is CCOC(OC)C1[C@@H](CC2=CC(NC(=O)OC(=O)C(C)C)N(C)C=C2)C(=O)N1C(=O)NC(C)C1CCCCC1. The average molecular weight is 549 g/mol. The molecule has 1 aliphatic carbocycles. The summed E-state index contributed by atoms with van der Waals surface area (Å²) in [7, 11) is 3.27. The normalized spacial score (nSPS) is 25.1. The lowest BCUT2D eigenvalue weighted by atomic mass is 9.81. The van der Waals surface area contributed by atoms with Gasteiger partial charge in [-0.25, -0.2) is 9.59 Å². The fourth-order valence-electron chi connectivity index (χ4n) is 5.39. The van der Waals surface area contributed by atoms with Gasteiger partial charge in [0, 0.05) is 33.0 Å².